The molecule has 0 saturated heterocycles. The SMILES string of the molecule is CC(C)(C)C#CC(C)(O)CCl. The summed E-state index contributed by atoms with van der Waals surface area (Å²) in [5.74, 6) is 5.80. The van der Waals surface area contributed by atoms with E-state index in [1.165, 1.54) is 0 Å². The molecule has 11 heavy (non-hydrogen) atoms. The second-order valence-electron chi connectivity index (χ2n) is 3.91. The molecule has 0 spiro atoms. The first-order chi connectivity index (χ1) is 4.77. The molecule has 0 saturated carbocycles. The van der Waals surface area contributed by atoms with Gasteiger partial charge in [-0.1, -0.05) is 11.8 Å². The molecule has 0 bridgehead atoms. The summed E-state index contributed by atoms with van der Waals surface area (Å²) in [5, 5.41) is 9.38. The largest absolute Gasteiger partial charge is 0.377 e. The van der Waals surface area contributed by atoms with Gasteiger partial charge in [0.15, 0.2) is 0 Å². The van der Waals surface area contributed by atoms with Crippen molar-refractivity contribution < 1.29 is 5.11 Å². The highest BCUT2D eigenvalue weighted by molar-refractivity contribution is 6.18. The van der Waals surface area contributed by atoms with E-state index < -0.39 is 5.60 Å². The standard InChI is InChI=1S/C9H15ClO/c1-8(2,3)5-6-9(4,11)7-10/h11H,7H2,1-4H3. The van der Waals surface area contributed by atoms with Crippen LogP contribution in [-0.2, 0) is 0 Å². The molecular formula is C9H15ClO. The molecule has 1 N–H and O–H groups in total. The molecule has 0 amide bonds. The molecule has 0 fully saturated rings. The first kappa shape index (κ1) is 10.8. The summed E-state index contributed by atoms with van der Waals surface area (Å²) in [5.41, 5.74) is -1.12. The Kier molecular flexibility index (Phi) is 3.41. The van der Waals surface area contributed by atoms with Gasteiger partial charge in [-0.05, 0) is 27.7 Å². The monoisotopic (exact) mass is 174 g/mol. The van der Waals surface area contributed by atoms with Crippen LogP contribution >= 0.6 is 11.6 Å². The van der Waals surface area contributed by atoms with Crippen molar-refractivity contribution in [2.75, 3.05) is 5.88 Å². The molecule has 0 aromatic carbocycles. The highest BCUT2D eigenvalue weighted by Crippen LogP contribution is 2.12. The van der Waals surface area contributed by atoms with E-state index in [1.54, 1.807) is 6.92 Å². The van der Waals surface area contributed by atoms with Crippen LogP contribution in [0.4, 0.5) is 0 Å². The van der Waals surface area contributed by atoms with Gasteiger partial charge in [0.2, 0.25) is 0 Å². The Labute approximate surface area is 73.8 Å². The van der Waals surface area contributed by atoms with Crippen LogP contribution in [0, 0.1) is 17.3 Å². The van der Waals surface area contributed by atoms with Crippen molar-refractivity contribution in [2.24, 2.45) is 5.41 Å². The highest BCUT2D eigenvalue weighted by Gasteiger charge is 2.15. The fourth-order valence-electron chi connectivity index (χ4n) is 0.356. The van der Waals surface area contributed by atoms with Gasteiger partial charge in [0.25, 0.3) is 0 Å². The van der Waals surface area contributed by atoms with Crippen molar-refractivity contribution in [1.82, 2.24) is 0 Å². The van der Waals surface area contributed by atoms with E-state index in [0.29, 0.717) is 0 Å². The van der Waals surface area contributed by atoms with Gasteiger partial charge in [-0.15, -0.1) is 11.6 Å². The number of rotatable bonds is 1. The minimum Gasteiger partial charge on any atom is -0.377 e. The second-order valence-corrected chi connectivity index (χ2v) is 4.17. The number of halogens is 1. The first-order valence-corrected chi connectivity index (χ1v) is 4.13. The van der Waals surface area contributed by atoms with Crippen molar-refractivity contribution in [1.29, 1.82) is 0 Å². The normalized spacial score (nSPS) is 16.5. The number of alkyl halides is 1. The Morgan fingerprint density at radius 2 is 1.64 bits per heavy atom. The van der Waals surface area contributed by atoms with Gasteiger partial charge < -0.3 is 5.11 Å². The molecule has 0 aliphatic heterocycles. The molecule has 1 atom stereocenters. The zero-order valence-corrected chi connectivity index (χ0v) is 8.29. The van der Waals surface area contributed by atoms with Gasteiger partial charge in [0.1, 0.15) is 5.60 Å². The smallest absolute Gasteiger partial charge is 0.136 e. The van der Waals surface area contributed by atoms with Gasteiger partial charge in [0, 0.05) is 5.41 Å². The lowest BCUT2D eigenvalue weighted by molar-refractivity contribution is 0.146. The Balaban J connectivity index is 4.29. The summed E-state index contributed by atoms with van der Waals surface area (Å²) in [6, 6.07) is 0. The van der Waals surface area contributed by atoms with Crippen LogP contribution in [0.15, 0.2) is 0 Å². The number of hydrogen-bond acceptors (Lipinski definition) is 1. The van der Waals surface area contributed by atoms with Crippen molar-refractivity contribution in [2.45, 2.75) is 33.3 Å². The van der Waals surface area contributed by atoms with Crippen LogP contribution in [0.5, 0.6) is 0 Å². The molecule has 0 aliphatic carbocycles. The summed E-state index contributed by atoms with van der Waals surface area (Å²) in [4.78, 5) is 0. The Morgan fingerprint density at radius 3 is 1.91 bits per heavy atom. The maximum atomic E-state index is 9.38. The molecule has 0 heterocycles. The van der Waals surface area contributed by atoms with Crippen LogP contribution in [0.25, 0.3) is 0 Å². The maximum absolute atomic E-state index is 9.38. The summed E-state index contributed by atoms with van der Waals surface area (Å²) in [7, 11) is 0. The van der Waals surface area contributed by atoms with E-state index in [9.17, 15) is 5.11 Å². The molecule has 0 aromatic heterocycles. The summed E-state index contributed by atoms with van der Waals surface area (Å²) < 4.78 is 0. The zero-order valence-electron chi connectivity index (χ0n) is 7.53. The molecule has 0 rings (SSSR count). The van der Waals surface area contributed by atoms with Crippen LogP contribution in [0.2, 0.25) is 0 Å². The molecule has 1 unspecified atom stereocenters. The van der Waals surface area contributed by atoms with Gasteiger partial charge in [-0.25, -0.2) is 0 Å². The molecular weight excluding hydrogens is 160 g/mol. The topological polar surface area (TPSA) is 20.2 Å². The van der Waals surface area contributed by atoms with Crippen molar-refractivity contribution in [3.05, 3.63) is 0 Å². The van der Waals surface area contributed by atoms with Gasteiger partial charge >= 0.3 is 0 Å². The fourth-order valence-corrected chi connectivity index (χ4v) is 0.422. The third kappa shape index (κ3) is 6.22. The molecule has 64 valence electrons. The first-order valence-electron chi connectivity index (χ1n) is 3.59. The average molecular weight is 175 g/mol. The average Bonchev–Trinajstić information content (AvgIpc) is 1.83. The molecule has 2 heteroatoms. The highest BCUT2D eigenvalue weighted by atomic mass is 35.5. The van der Waals surface area contributed by atoms with Crippen LogP contribution in [-0.4, -0.2) is 16.6 Å². The summed E-state index contributed by atoms with van der Waals surface area (Å²) in [6.45, 7) is 7.58. The van der Waals surface area contributed by atoms with Crippen molar-refractivity contribution in [3.63, 3.8) is 0 Å². The molecule has 0 radical (unpaired) electrons. The lowest BCUT2D eigenvalue weighted by atomic mass is 9.96. The van der Waals surface area contributed by atoms with Crippen LogP contribution < -0.4 is 0 Å². The lowest BCUT2D eigenvalue weighted by Crippen LogP contribution is -2.24. The van der Waals surface area contributed by atoms with E-state index in [4.69, 9.17) is 11.6 Å². The molecule has 1 nitrogen and oxygen atoms in total. The predicted octanol–water partition coefficient (Wildman–Crippen LogP) is 2.03. The summed E-state index contributed by atoms with van der Waals surface area (Å²) in [6.07, 6.45) is 0. The minimum absolute atomic E-state index is 0.0734. The van der Waals surface area contributed by atoms with E-state index in [2.05, 4.69) is 11.8 Å². The third-order valence-electron chi connectivity index (χ3n) is 0.967. The van der Waals surface area contributed by atoms with Gasteiger partial charge in [0.05, 0.1) is 5.88 Å². The van der Waals surface area contributed by atoms with Gasteiger partial charge in [-0.3, -0.25) is 0 Å². The Morgan fingerprint density at radius 1 is 1.18 bits per heavy atom. The minimum atomic E-state index is -1.05. The zero-order chi connectivity index (χ0) is 9.12. The molecule has 0 aromatic rings. The molecule has 0 aliphatic rings. The predicted molar refractivity (Wildman–Crippen MR) is 48.6 cm³/mol. The Bertz CT molecular complexity index is 178. The van der Waals surface area contributed by atoms with Crippen molar-refractivity contribution >= 4 is 11.6 Å². The lowest BCUT2D eigenvalue weighted by Gasteiger charge is -2.13. The van der Waals surface area contributed by atoms with Crippen LogP contribution in [0.1, 0.15) is 27.7 Å². The fraction of sp³-hybridized carbons (Fsp3) is 0.778. The van der Waals surface area contributed by atoms with E-state index >= 15 is 0 Å². The van der Waals surface area contributed by atoms with E-state index in [0.717, 1.165) is 0 Å². The Hall–Kier alpha value is -0.190. The third-order valence-corrected chi connectivity index (χ3v) is 1.49. The second kappa shape index (κ2) is 3.47. The van der Waals surface area contributed by atoms with Crippen molar-refractivity contribution in [3.8, 4) is 11.8 Å². The number of hydrogen-bond donors (Lipinski definition) is 1. The quantitative estimate of drug-likeness (QED) is 0.477. The summed E-state index contributed by atoms with van der Waals surface area (Å²) >= 11 is 5.47. The van der Waals surface area contributed by atoms with E-state index in [1.807, 2.05) is 20.8 Å². The number of aliphatic hydroxyl groups is 1. The van der Waals surface area contributed by atoms with Gasteiger partial charge in [-0.2, -0.15) is 0 Å². The van der Waals surface area contributed by atoms with Crippen LogP contribution in [0.3, 0.4) is 0 Å². The van der Waals surface area contributed by atoms with E-state index in [-0.39, 0.29) is 11.3 Å². The maximum Gasteiger partial charge on any atom is 0.136 e.